The largest absolute Gasteiger partial charge is 0.487 e. The lowest BCUT2D eigenvalue weighted by Crippen LogP contribution is -2.02. The zero-order valence-corrected chi connectivity index (χ0v) is 11.4. The fourth-order valence-electron chi connectivity index (χ4n) is 1.80. The summed E-state index contributed by atoms with van der Waals surface area (Å²) in [4.78, 5) is 10.4. The molecule has 0 spiro atoms. The maximum atomic E-state index is 10.4. The molecule has 20 heavy (non-hydrogen) atoms. The molecule has 0 fully saturated rings. The standard InChI is InChI=1S/C15H16N2O3/c1-11-9-13(17(2)16-11)10-20-14-6-3-12(4-7-14)5-8-15(18)19/h3-9H,10H2,1-2H3,(H,18,19). The molecule has 1 heterocycles. The van der Waals surface area contributed by atoms with Crippen LogP contribution >= 0.6 is 0 Å². The molecule has 0 unspecified atom stereocenters. The zero-order valence-electron chi connectivity index (χ0n) is 11.4. The summed E-state index contributed by atoms with van der Waals surface area (Å²) in [7, 11) is 1.88. The van der Waals surface area contributed by atoms with Crippen molar-refractivity contribution >= 4 is 12.0 Å². The molecule has 1 N–H and O–H groups in total. The maximum Gasteiger partial charge on any atom is 0.328 e. The predicted molar refractivity (Wildman–Crippen MR) is 75.4 cm³/mol. The summed E-state index contributed by atoms with van der Waals surface area (Å²) < 4.78 is 7.46. The van der Waals surface area contributed by atoms with E-state index in [1.54, 1.807) is 4.68 Å². The first-order chi connectivity index (χ1) is 9.54. The van der Waals surface area contributed by atoms with Crippen LogP contribution in [0.2, 0.25) is 0 Å². The van der Waals surface area contributed by atoms with Gasteiger partial charge >= 0.3 is 5.97 Å². The second-order valence-electron chi connectivity index (χ2n) is 4.43. The number of rotatable bonds is 5. The lowest BCUT2D eigenvalue weighted by molar-refractivity contribution is -0.131. The van der Waals surface area contributed by atoms with Crippen LogP contribution < -0.4 is 4.74 Å². The summed E-state index contributed by atoms with van der Waals surface area (Å²) in [6, 6.07) is 9.21. The highest BCUT2D eigenvalue weighted by molar-refractivity contribution is 5.85. The molecule has 2 aromatic rings. The summed E-state index contributed by atoms with van der Waals surface area (Å²) in [5, 5.41) is 12.8. The number of hydrogen-bond donors (Lipinski definition) is 1. The number of carboxylic acids is 1. The third kappa shape index (κ3) is 3.71. The van der Waals surface area contributed by atoms with Gasteiger partial charge in [0.15, 0.2) is 0 Å². The minimum Gasteiger partial charge on any atom is -0.487 e. The van der Waals surface area contributed by atoms with Gasteiger partial charge in [-0.3, -0.25) is 4.68 Å². The first-order valence-electron chi connectivity index (χ1n) is 6.18. The van der Waals surface area contributed by atoms with Gasteiger partial charge in [0.05, 0.1) is 11.4 Å². The highest BCUT2D eigenvalue weighted by atomic mass is 16.5. The number of ether oxygens (including phenoxy) is 1. The van der Waals surface area contributed by atoms with Crippen molar-refractivity contribution in [2.75, 3.05) is 0 Å². The van der Waals surface area contributed by atoms with Crippen molar-refractivity contribution in [1.29, 1.82) is 0 Å². The highest BCUT2D eigenvalue weighted by Gasteiger charge is 2.02. The number of aryl methyl sites for hydroxylation is 2. The van der Waals surface area contributed by atoms with Crippen LogP contribution in [-0.4, -0.2) is 20.9 Å². The van der Waals surface area contributed by atoms with Crippen molar-refractivity contribution in [2.45, 2.75) is 13.5 Å². The minimum atomic E-state index is -0.961. The average Bonchev–Trinajstić information content (AvgIpc) is 2.73. The first kappa shape index (κ1) is 13.9. The SMILES string of the molecule is Cc1cc(COc2ccc(C=CC(=O)O)cc2)n(C)n1. The fraction of sp³-hybridized carbons (Fsp3) is 0.200. The van der Waals surface area contributed by atoms with Gasteiger partial charge in [0.2, 0.25) is 0 Å². The van der Waals surface area contributed by atoms with Crippen LogP contribution in [0.3, 0.4) is 0 Å². The summed E-state index contributed by atoms with van der Waals surface area (Å²) in [6.07, 6.45) is 2.64. The lowest BCUT2D eigenvalue weighted by Gasteiger charge is -2.06. The van der Waals surface area contributed by atoms with E-state index in [9.17, 15) is 4.79 Å². The van der Waals surface area contributed by atoms with Crippen LogP contribution in [-0.2, 0) is 18.4 Å². The van der Waals surface area contributed by atoms with Crippen molar-refractivity contribution in [3.05, 3.63) is 53.4 Å². The number of aliphatic carboxylic acids is 1. The van der Waals surface area contributed by atoms with E-state index >= 15 is 0 Å². The van der Waals surface area contributed by atoms with Gasteiger partial charge in [0.25, 0.3) is 0 Å². The molecule has 5 nitrogen and oxygen atoms in total. The molecule has 104 valence electrons. The molecule has 0 saturated carbocycles. The second-order valence-corrected chi connectivity index (χ2v) is 4.43. The molecule has 0 amide bonds. The third-order valence-electron chi connectivity index (χ3n) is 2.78. The van der Waals surface area contributed by atoms with Crippen molar-refractivity contribution in [3.8, 4) is 5.75 Å². The molecule has 0 atom stereocenters. The van der Waals surface area contributed by atoms with Gasteiger partial charge in [-0.2, -0.15) is 5.10 Å². The molecule has 2 rings (SSSR count). The Bertz CT molecular complexity index is 627. The van der Waals surface area contributed by atoms with Gasteiger partial charge in [-0.15, -0.1) is 0 Å². The Morgan fingerprint density at radius 2 is 2.10 bits per heavy atom. The lowest BCUT2D eigenvalue weighted by atomic mass is 10.2. The minimum absolute atomic E-state index is 0.446. The number of nitrogens with zero attached hydrogens (tertiary/aromatic N) is 2. The van der Waals surface area contributed by atoms with Gasteiger partial charge < -0.3 is 9.84 Å². The van der Waals surface area contributed by atoms with Crippen LogP contribution in [0.15, 0.2) is 36.4 Å². The molecule has 0 aliphatic heterocycles. The molecule has 5 heteroatoms. The van der Waals surface area contributed by atoms with Gasteiger partial charge in [0, 0.05) is 13.1 Å². The Kier molecular flexibility index (Phi) is 4.20. The van der Waals surface area contributed by atoms with Crippen LogP contribution in [0.1, 0.15) is 17.0 Å². The number of carboxylic acid groups (broad SMARTS) is 1. The molecule has 0 saturated heterocycles. The molecule has 0 bridgehead atoms. The van der Waals surface area contributed by atoms with E-state index in [-0.39, 0.29) is 0 Å². The molecule has 1 aromatic heterocycles. The van der Waals surface area contributed by atoms with E-state index in [0.29, 0.717) is 6.61 Å². The monoisotopic (exact) mass is 272 g/mol. The van der Waals surface area contributed by atoms with Gasteiger partial charge in [0.1, 0.15) is 12.4 Å². The first-order valence-corrected chi connectivity index (χ1v) is 6.18. The molecule has 0 aliphatic carbocycles. The topological polar surface area (TPSA) is 64.3 Å². The number of hydrogen-bond acceptors (Lipinski definition) is 3. The second kappa shape index (κ2) is 6.06. The Balaban J connectivity index is 1.97. The van der Waals surface area contributed by atoms with E-state index in [2.05, 4.69) is 5.10 Å². The van der Waals surface area contributed by atoms with E-state index in [1.807, 2.05) is 44.3 Å². The summed E-state index contributed by atoms with van der Waals surface area (Å²) >= 11 is 0. The smallest absolute Gasteiger partial charge is 0.328 e. The van der Waals surface area contributed by atoms with Gasteiger partial charge in [-0.05, 0) is 36.8 Å². The molecule has 0 aliphatic rings. The molecular formula is C15H16N2O3. The number of aromatic nitrogens is 2. The Morgan fingerprint density at radius 1 is 1.40 bits per heavy atom. The summed E-state index contributed by atoms with van der Waals surface area (Å²) in [5.74, 6) is -0.228. The van der Waals surface area contributed by atoms with Crippen LogP contribution in [0, 0.1) is 6.92 Å². The third-order valence-corrected chi connectivity index (χ3v) is 2.78. The quantitative estimate of drug-likeness (QED) is 0.849. The van der Waals surface area contributed by atoms with Crippen molar-refractivity contribution in [2.24, 2.45) is 7.05 Å². The normalized spacial score (nSPS) is 10.9. The maximum absolute atomic E-state index is 10.4. The number of carbonyl (C=O) groups is 1. The van der Waals surface area contributed by atoms with Crippen molar-refractivity contribution < 1.29 is 14.6 Å². The Morgan fingerprint density at radius 3 is 2.65 bits per heavy atom. The average molecular weight is 272 g/mol. The van der Waals surface area contributed by atoms with Crippen molar-refractivity contribution in [1.82, 2.24) is 9.78 Å². The van der Waals surface area contributed by atoms with Crippen LogP contribution in [0.25, 0.3) is 6.08 Å². The molecular weight excluding hydrogens is 256 g/mol. The van der Waals surface area contributed by atoms with Gasteiger partial charge in [-0.1, -0.05) is 12.1 Å². The van der Waals surface area contributed by atoms with Crippen LogP contribution in [0.5, 0.6) is 5.75 Å². The van der Waals surface area contributed by atoms with E-state index < -0.39 is 5.97 Å². The van der Waals surface area contributed by atoms with Gasteiger partial charge in [-0.25, -0.2) is 4.79 Å². The Labute approximate surface area is 117 Å². The highest BCUT2D eigenvalue weighted by Crippen LogP contribution is 2.15. The van der Waals surface area contributed by atoms with E-state index in [1.165, 1.54) is 6.08 Å². The van der Waals surface area contributed by atoms with Crippen molar-refractivity contribution in [3.63, 3.8) is 0 Å². The molecule has 0 radical (unpaired) electrons. The van der Waals surface area contributed by atoms with Crippen LogP contribution in [0.4, 0.5) is 0 Å². The fourth-order valence-corrected chi connectivity index (χ4v) is 1.80. The number of benzene rings is 1. The predicted octanol–water partition coefficient (Wildman–Crippen LogP) is 2.41. The van der Waals surface area contributed by atoms with E-state index in [4.69, 9.17) is 9.84 Å². The summed E-state index contributed by atoms with van der Waals surface area (Å²) in [5.41, 5.74) is 2.77. The Hall–Kier alpha value is -2.56. The summed E-state index contributed by atoms with van der Waals surface area (Å²) in [6.45, 7) is 2.38. The van der Waals surface area contributed by atoms with E-state index in [0.717, 1.165) is 28.8 Å². The molecule has 1 aromatic carbocycles. The zero-order chi connectivity index (χ0) is 14.5.